The first-order valence-corrected chi connectivity index (χ1v) is 5.51. The first kappa shape index (κ1) is 13.1. The predicted octanol–water partition coefficient (Wildman–Crippen LogP) is 3.66. The van der Waals surface area contributed by atoms with Crippen molar-refractivity contribution < 1.29 is 18.0 Å². The van der Waals surface area contributed by atoms with Crippen molar-refractivity contribution in [1.82, 2.24) is 0 Å². The molecule has 0 radical (unpaired) electrons. The largest absolute Gasteiger partial charge is 0.317 e. The molecule has 0 fully saturated rings. The zero-order valence-electron chi connectivity index (χ0n) is 10.0. The minimum atomic E-state index is -0.909. The fourth-order valence-electron chi connectivity index (χ4n) is 1.60. The Morgan fingerprint density at radius 2 is 1.68 bits per heavy atom. The number of hydrogen-bond donors (Lipinski definition) is 1. The van der Waals surface area contributed by atoms with Crippen LogP contribution in [0.5, 0.6) is 0 Å². The highest BCUT2D eigenvalue weighted by Crippen LogP contribution is 2.22. The van der Waals surface area contributed by atoms with Gasteiger partial charge in [-0.3, -0.25) is 4.79 Å². The van der Waals surface area contributed by atoms with Crippen LogP contribution in [0.15, 0.2) is 36.4 Å². The summed E-state index contributed by atoms with van der Waals surface area (Å²) in [5.41, 5.74) is -0.665. The van der Waals surface area contributed by atoms with Crippen molar-refractivity contribution in [3.8, 4) is 0 Å². The maximum absolute atomic E-state index is 13.7. The Bertz CT molecular complexity index is 641. The SMILES string of the molecule is Cc1ccc(F)c(NC(=O)c2ccccc2F)c1F. The molecule has 0 bridgehead atoms. The summed E-state index contributed by atoms with van der Waals surface area (Å²) in [6.07, 6.45) is 0. The van der Waals surface area contributed by atoms with Gasteiger partial charge >= 0.3 is 0 Å². The molecule has 5 heteroatoms. The summed E-state index contributed by atoms with van der Waals surface area (Å²) in [5, 5.41) is 2.05. The van der Waals surface area contributed by atoms with E-state index in [0.29, 0.717) is 0 Å². The van der Waals surface area contributed by atoms with E-state index in [4.69, 9.17) is 0 Å². The summed E-state index contributed by atoms with van der Waals surface area (Å²) in [4.78, 5) is 11.8. The molecule has 0 saturated heterocycles. The highest BCUT2D eigenvalue weighted by Gasteiger charge is 2.17. The van der Waals surface area contributed by atoms with Crippen LogP contribution in [0.4, 0.5) is 18.9 Å². The predicted molar refractivity (Wildman–Crippen MR) is 65.4 cm³/mol. The van der Waals surface area contributed by atoms with Crippen molar-refractivity contribution in [2.45, 2.75) is 6.92 Å². The van der Waals surface area contributed by atoms with Crippen LogP contribution in [-0.4, -0.2) is 5.91 Å². The van der Waals surface area contributed by atoms with E-state index in [1.807, 2.05) is 5.32 Å². The lowest BCUT2D eigenvalue weighted by atomic mass is 10.1. The number of halogens is 3. The number of nitrogens with one attached hydrogen (secondary N) is 1. The van der Waals surface area contributed by atoms with Crippen LogP contribution in [0.1, 0.15) is 15.9 Å². The summed E-state index contributed by atoms with van der Waals surface area (Å²) < 4.78 is 40.5. The Balaban J connectivity index is 2.35. The third kappa shape index (κ3) is 2.59. The lowest BCUT2D eigenvalue weighted by molar-refractivity contribution is 0.102. The summed E-state index contributed by atoms with van der Waals surface area (Å²) >= 11 is 0. The van der Waals surface area contributed by atoms with Crippen LogP contribution < -0.4 is 5.32 Å². The molecule has 0 aliphatic carbocycles. The minimum Gasteiger partial charge on any atom is -0.317 e. The smallest absolute Gasteiger partial charge is 0.258 e. The average molecular weight is 265 g/mol. The zero-order valence-corrected chi connectivity index (χ0v) is 10.0. The van der Waals surface area contributed by atoms with Crippen molar-refractivity contribution in [3.63, 3.8) is 0 Å². The van der Waals surface area contributed by atoms with Gasteiger partial charge in [-0.15, -0.1) is 0 Å². The van der Waals surface area contributed by atoms with Crippen molar-refractivity contribution in [2.75, 3.05) is 5.32 Å². The number of carbonyl (C=O) groups excluding carboxylic acids is 1. The van der Waals surface area contributed by atoms with Gasteiger partial charge in [0.05, 0.1) is 5.56 Å². The second-order valence-corrected chi connectivity index (χ2v) is 3.99. The quantitative estimate of drug-likeness (QED) is 0.882. The van der Waals surface area contributed by atoms with Gasteiger partial charge in [0.25, 0.3) is 5.91 Å². The molecule has 1 N–H and O–H groups in total. The molecule has 0 heterocycles. The minimum absolute atomic E-state index is 0.185. The van der Waals surface area contributed by atoms with E-state index in [1.165, 1.54) is 31.2 Å². The maximum Gasteiger partial charge on any atom is 0.258 e. The molecule has 0 saturated carbocycles. The van der Waals surface area contributed by atoms with E-state index in [2.05, 4.69) is 0 Å². The van der Waals surface area contributed by atoms with Crippen LogP contribution in [0.3, 0.4) is 0 Å². The van der Waals surface area contributed by atoms with Crippen molar-refractivity contribution in [1.29, 1.82) is 0 Å². The van der Waals surface area contributed by atoms with Gasteiger partial charge in [0, 0.05) is 0 Å². The lowest BCUT2D eigenvalue weighted by Crippen LogP contribution is -2.16. The number of amides is 1. The number of carbonyl (C=O) groups is 1. The summed E-state index contributed by atoms with van der Waals surface area (Å²) in [6, 6.07) is 7.49. The molecule has 0 aliphatic rings. The van der Waals surface area contributed by atoms with E-state index in [1.54, 1.807) is 0 Å². The molecular formula is C14H10F3NO. The van der Waals surface area contributed by atoms with E-state index in [0.717, 1.165) is 12.1 Å². The van der Waals surface area contributed by atoms with Gasteiger partial charge in [0.15, 0.2) is 5.82 Å². The monoisotopic (exact) mass is 265 g/mol. The van der Waals surface area contributed by atoms with Crippen molar-refractivity contribution in [3.05, 3.63) is 65.0 Å². The number of aryl methyl sites for hydroxylation is 1. The molecule has 0 atom stereocenters. The van der Waals surface area contributed by atoms with Gasteiger partial charge in [0.2, 0.25) is 0 Å². The average Bonchev–Trinajstić information content (AvgIpc) is 2.39. The molecule has 1 amide bonds. The van der Waals surface area contributed by atoms with Crippen molar-refractivity contribution in [2.24, 2.45) is 0 Å². The van der Waals surface area contributed by atoms with Gasteiger partial charge in [-0.05, 0) is 30.7 Å². The molecule has 0 aromatic heterocycles. The lowest BCUT2D eigenvalue weighted by Gasteiger charge is -2.09. The molecule has 0 unspecified atom stereocenters. The third-order valence-electron chi connectivity index (χ3n) is 2.64. The highest BCUT2D eigenvalue weighted by molar-refractivity contribution is 6.04. The first-order chi connectivity index (χ1) is 9.00. The molecule has 2 rings (SSSR count). The molecular weight excluding hydrogens is 255 g/mol. The van der Waals surface area contributed by atoms with E-state index < -0.39 is 29.0 Å². The van der Waals surface area contributed by atoms with Gasteiger partial charge in [-0.25, -0.2) is 13.2 Å². The van der Waals surface area contributed by atoms with Gasteiger partial charge < -0.3 is 5.32 Å². The molecule has 19 heavy (non-hydrogen) atoms. The Morgan fingerprint density at radius 1 is 1.00 bits per heavy atom. The van der Waals surface area contributed by atoms with Gasteiger partial charge in [-0.2, -0.15) is 0 Å². The summed E-state index contributed by atoms with van der Waals surface area (Å²) in [7, 11) is 0. The zero-order chi connectivity index (χ0) is 14.0. The Kier molecular flexibility index (Phi) is 3.55. The number of benzene rings is 2. The normalized spacial score (nSPS) is 10.3. The van der Waals surface area contributed by atoms with Crippen LogP contribution in [-0.2, 0) is 0 Å². The molecule has 2 aromatic rings. The highest BCUT2D eigenvalue weighted by atomic mass is 19.1. The number of anilines is 1. The summed E-state index contributed by atoms with van der Waals surface area (Å²) in [5.74, 6) is -3.44. The Labute approximate surface area is 107 Å². The van der Waals surface area contributed by atoms with Crippen molar-refractivity contribution >= 4 is 11.6 Å². The van der Waals surface area contributed by atoms with Crippen LogP contribution in [0.2, 0.25) is 0 Å². The number of hydrogen-bond acceptors (Lipinski definition) is 1. The molecule has 0 aliphatic heterocycles. The Hall–Kier alpha value is -2.30. The maximum atomic E-state index is 13.7. The van der Waals surface area contributed by atoms with Crippen LogP contribution in [0, 0.1) is 24.4 Å². The fourth-order valence-corrected chi connectivity index (χ4v) is 1.60. The molecule has 2 aromatic carbocycles. The summed E-state index contributed by atoms with van der Waals surface area (Å²) in [6.45, 7) is 1.44. The van der Waals surface area contributed by atoms with E-state index >= 15 is 0 Å². The standard InChI is InChI=1S/C14H10F3NO/c1-8-6-7-11(16)13(12(8)17)18-14(19)9-4-2-3-5-10(9)15/h2-7H,1H3,(H,18,19). The number of rotatable bonds is 2. The molecule has 98 valence electrons. The molecule has 2 nitrogen and oxygen atoms in total. The van der Waals surface area contributed by atoms with E-state index in [-0.39, 0.29) is 11.1 Å². The van der Waals surface area contributed by atoms with E-state index in [9.17, 15) is 18.0 Å². The van der Waals surface area contributed by atoms with Crippen LogP contribution in [0.25, 0.3) is 0 Å². The fraction of sp³-hybridized carbons (Fsp3) is 0.0714. The van der Waals surface area contributed by atoms with Gasteiger partial charge in [-0.1, -0.05) is 18.2 Å². The second kappa shape index (κ2) is 5.14. The second-order valence-electron chi connectivity index (χ2n) is 3.99. The third-order valence-corrected chi connectivity index (χ3v) is 2.64. The topological polar surface area (TPSA) is 29.1 Å². The van der Waals surface area contributed by atoms with Crippen LogP contribution >= 0.6 is 0 Å². The Morgan fingerprint density at radius 3 is 2.37 bits per heavy atom. The first-order valence-electron chi connectivity index (χ1n) is 5.51. The van der Waals surface area contributed by atoms with Gasteiger partial charge in [0.1, 0.15) is 17.3 Å². The molecule has 0 spiro atoms.